The van der Waals surface area contributed by atoms with Crippen LogP contribution in [0.3, 0.4) is 0 Å². The van der Waals surface area contributed by atoms with Gasteiger partial charge in [-0.05, 0) is 24.6 Å². The van der Waals surface area contributed by atoms with E-state index < -0.39 is 0 Å². The molecule has 18 heavy (non-hydrogen) atoms. The molecule has 0 spiro atoms. The molecule has 0 aliphatic heterocycles. The summed E-state index contributed by atoms with van der Waals surface area (Å²) in [5.41, 5.74) is 2.46. The maximum atomic E-state index is 4.73. The Labute approximate surface area is 112 Å². The molecule has 0 saturated heterocycles. The highest BCUT2D eigenvalue weighted by atomic mass is 32.1. The first kappa shape index (κ1) is 13.2. The SMILES string of the molecule is CCNCc1sc(Cc2cccnc2)nc1CC. The second kappa shape index (κ2) is 6.61. The van der Waals surface area contributed by atoms with Crippen molar-refractivity contribution < 1.29 is 0 Å². The van der Waals surface area contributed by atoms with Crippen LogP contribution >= 0.6 is 11.3 Å². The molecule has 0 aromatic carbocycles. The third-order valence-electron chi connectivity index (χ3n) is 2.77. The van der Waals surface area contributed by atoms with Crippen molar-refractivity contribution in [3.63, 3.8) is 0 Å². The fraction of sp³-hybridized carbons (Fsp3) is 0.429. The average molecular weight is 261 g/mol. The summed E-state index contributed by atoms with van der Waals surface area (Å²) in [4.78, 5) is 10.2. The zero-order valence-corrected chi connectivity index (χ0v) is 11.8. The summed E-state index contributed by atoms with van der Waals surface area (Å²) in [5, 5.41) is 4.56. The van der Waals surface area contributed by atoms with Gasteiger partial charge in [-0.3, -0.25) is 4.98 Å². The Hall–Kier alpha value is -1.26. The van der Waals surface area contributed by atoms with Crippen molar-refractivity contribution in [2.75, 3.05) is 6.54 Å². The lowest BCUT2D eigenvalue weighted by molar-refractivity contribution is 0.727. The van der Waals surface area contributed by atoms with Crippen LogP contribution in [0.5, 0.6) is 0 Å². The molecule has 96 valence electrons. The zero-order chi connectivity index (χ0) is 12.8. The molecule has 2 aromatic heterocycles. The van der Waals surface area contributed by atoms with E-state index in [0.717, 1.165) is 25.9 Å². The minimum absolute atomic E-state index is 0.887. The third-order valence-corrected chi connectivity index (χ3v) is 3.87. The van der Waals surface area contributed by atoms with Gasteiger partial charge in [0.15, 0.2) is 0 Å². The largest absolute Gasteiger partial charge is 0.312 e. The summed E-state index contributed by atoms with van der Waals surface area (Å²) in [7, 11) is 0. The van der Waals surface area contributed by atoms with Gasteiger partial charge >= 0.3 is 0 Å². The zero-order valence-electron chi connectivity index (χ0n) is 10.9. The minimum atomic E-state index is 0.887. The Kier molecular flexibility index (Phi) is 4.84. The summed E-state index contributed by atoms with van der Waals surface area (Å²) in [6.07, 6.45) is 5.61. The van der Waals surface area contributed by atoms with Gasteiger partial charge in [-0.15, -0.1) is 11.3 Å². The number of aryl methyl sites for hydroxylation is 1. The molecule has 2 heterocycles. The molecule has 4 heteroatoms. The first-order valence-electron chi connectivity index (χ1n) is 6.40. The molecule has 3 nitrogen and oxygen atoms in total. The highest BCUT2D eigenvalue weighted by Gasteiger charge is 2.09. The van der Waals surface area contributed by atoms with Crippen LogP contribution in [0.25, 0.3) is 0 Å². The molecule has 2 aromatic rings. The summed E-state index contributed by atoms with van der Waals surface area (Å²) in [6.45, 7) is 6.23. The molecule has 0 aliphatic carbocycles. The van der Waals surface area contributed by atoms with Gasteiger partial charge in [0.2, 0.25) is 0 Å². The monoisotopic (exact) mass is 261 g/mol. The van der Waals surface area contributed by atoms with E-state index in [1.807, 2.05) is 23.6 Å². The molecule has 0 radical (unpaired) electrons. The van der Waals surface area contributed by atoms with Crippen LogP contribution < -0.4 is 5.32 Å². The molecule has 0 unspecified atom stereocenters. The van der Waals surface area contributed by atoms with E-state index in [9.17, 15) is 0 Å². The van der Waals surface area contributed by atoms with E-state index in [-0.39, 0.29) is 0 Å². The van der Waals surface area contributed by atoms with Gasteiger partial charge in [0.25, 0.3) is 0 Å². The Morgan fingerprint density at radius 2 is 2.22 bits per heavy atom. The van der Waals surface area contributed by atoms with E-state index in [1.54, 1.807) is 6.20 Å². The Morgan fingerprint density at radius 1 is 1.33 bits per heavy atom. The molecular weight excluding hydrogens is 242 g/mol. The van der Waals surface area contributed by atoms with Crippen molar-refractivity contribution in [1.82, 2.24) is 15.3 Å². The molecule has 2 rings (SSSR count). The van der Waals surface area contributed by atoms with Crippen molar-refractivity contribution in [2.45, 2.75) is 33.2 Å². The number of hydrogen-bond donors (Lipinski definition) is 1. The smallest absolute Gasteiger partial charge is 0.0976 e. The Bertz CT molecular complexity index is 479. The fourth-order valence-electron chi connectivity index (χ4n) is 1.84. The van der Waals surface area contributed by atoms with E-state index in [2.05, 4.69) is 30.2 Å². The highest BCUT2D eigenvalue weighted by molar-refractivity contribution is 7.11. The lowest BCUT2D eigenvalue weighted by Gasteiger charge is -1.99. The van der Waals surface area contributed by atoms with E-state index in [4.69, 9.17) is 4.98 Å². The average Bonchev–Trinajstić information content (AvgIpc) is 2.79. The number of nitrogens with zero attached hydrogens (tertiary/aromatic N) is 2. The normalized spacial score (nSPS) is 10.8. The van der Waals surface area contributed by atoms with Crippen LogP contribution in [0, 0.1) is 0 Å². The van der Waals surface area contributed by atoms with E-state index in [1.165, 1.54) is 21.1 Å². The maximum Gasteiger partial charge on any atom is 0.0976 e. The fourth-order valence-corrected chi connectivity index (χ4v) is 3.00. The lowest BCUT2D eigenvalue weighted by atomic mass is 10.2. The second-order valence-electron chi connectivity index (χ2n) is 4.15. The summed E-state index contributed by atoms with van der Waals surface area (Å²) in [5.74, 6) is 0. The number of nitrogens with one attached hydrogen (secondary N) is 1. The molecular formula is C14H19N3S. The van der Waals surface area contributed by atoms with Gasteiger partial charge in [-0.1, -0.05) is 19.9 Å². The van der Waals surface area contributed by atoms with E-state index >= 15 is 0 Å². The van der Waals surface area contributed by atoms with Gasteiger partial charge in [0.1, 0.15) is 0 Å². The van der Waals surface area contributed by atoms with Gasteiger partial charge in [0.05, 0.1) is 10.7 Å². The van der Waals surface area contributed by atoms with Crippen molar-refractivity contribution in [2.24, 2.45) is 0 Å². The number of thiazole rings is 1. The van der Waals surface area contributed by atoms with Crippen LogP contribution in [0.4, 0.5) is 0 Å². The van der Waals surface area contributed by atoms with Crippen LogP contribution in [0.1, 0.15) is 35.0 Å². The number of aromatic nitrogens is 2. The predicted octanol–water partition coefficient (Wildman–Crippen LogP) is 2.80. The Balaban J connectivity index is 2.11. The quantitative estimate of drug-likeness (QED) is 0.869. The standard InChI is InChI=1S/C14H19N3S/c1-3-12-13(10-15-4-2)18-14(17-12)8-11-6-5-7-16-9-11/h5-7,9,15H,3-4,8,10H2,1-2H3. The van der Waals surface area contributed by atoms with Crippen LogP contribution in [0.2, 0.25) is 0 Å². The topological polar surface area (TPSA) is 37.8 Å². The molecule has 0 bridgehead atoms. The summed E-state index contributed by atoms with van der Waals surface area (Å²) in [6, 6.07) is 4.08. The van der Waals surface area contributed by atoms with Crippen LogP contribution in [0.15, 0.2) is 24.5 Å². The maximum absolute atomic E-state index is 4.73. The molecule has 0 atom stereocenters. The van der Waals surface area contributed by atoms with Gasteiger partial charge in [-0.25, -0.2) is 4.98 Å². The predicted molar refractivity (Wildman–Crippen MR) is 75.9 cm³/mol. The van der Waals surface area contributed by atoms with Crippen molar-refractivity contribution >= 4 is 11.3 Å². The minimum Gasteiger partial charge on any atom is -0.312 e. The number of pyridine rings is 1. The number of rotatable bonds is 6. The second-order valence-corrected chi connectivity index (χ2v) is 5.32. The van der Waals surface area contributed by atoms with Crippen molar-refractivity contribution in [3.05, 3.63) is 45.7 Å². The molecule has 0 aliphatic rings. The third kappa shape index (κ3) is 3.37. The molecule has 1 N–H and O–H groups in total. The lowest BCUT2D eigenvalue weighted by Crippen LogP contribution is -2.11. The summed E-state index contributed by atoms with van der Waals surface area (Å²) < 4.78 is 0. The first-order valence-corrected chi connectivity index (χ1v) is 7.22. The van der Waals surface area contributed by atoms with Crippen LogP contribution in [-0.2, 0) is 19.4 Å². The van der Waals surface area contributed by atoms with E-state index in [0.29, 0.717) is 0 Å². The summed E-state index contributed by atoms with van der Waals surface area (Å²) >= 11 is 1.82. The molecule has 0 fully saturated rings. The number of hydrogen-bond acceptors (Lipinski definition) is 4. The van der Waals surface area contributed by atoms with Crippen LogP contribution in [-0.4, -0.2) is 16.5 Å². The molecule has 0 amide bonds. The molecule has 0 saturated carbocycles. The highest BCUT2D eigenvalue weighted by Crippen LogP contribution is 2.21. The van der Waals surface area contributed by atoms with Gasteiger partial charge < -0.3 is 5.32 Å². The first-order chi connectivity index (χ1) is 8.83. The van der Waals surface area contributed by atoms with Crippen molar-refractivity contribution in [3.8, 4) is 0 Å². The Morgan fingerprint density at radius 3 is 2.89 bits per heavy atom. The van der Waals surface area contributed by atoms with Gasteiger partial charge in [0, 0.05) is 30.2 Å². The van der Waals surface area contributed by atoms with Crippen molar-refractivity contribution in [1.29, 1.82) is 0 Å². The van der Waals surface area contributed by atoms with Gasteiger partial charge in [-0.2, -0.15) is 0 Å².